The number of pyridine rings is 1. The Morgan fingerprint density at radius 3 is 2.72 bits per heavy atom. The van der Waals surface area contributed by atoms with E-state index in [1.54, 1.807) is 12.1 Å². The Hall–Kier alpha value is -1.20. The van der Waals surface area contributed by atoms with Crippen molar-refractivity contribution < 1.29 is 8.78 Å². The molecule has 0 aliphatic heterocycles. The van der Waals surface area contributed by atoms with Crippen molar-refractivity contribution in [1.29, 1.82) is 0 Å². The first-order valence-corrected chi connectivity index (χ1v) is 6.22. The molecule has 18 heavy (non-hydrogen) atoms. The van der Waals surface area contributed by atoms with Gasteiger partial charge in [-0.25, -0.2) is 13.8 Å². The van der Waals surface area contributed by atoms with E-state index in [1.165, 1.54) is 12.3 Å². The number of aromatic nitrogens is 1. The third-order valence-electron chi connectivity index (χ3n) is 2.26. The zero-order valence-corrected chi connectivity index (χ0v) is 11.4. The monoisotopic (exact) mass is 332 g/mol. The van der Waals surface area contributed by atoms with Crippen molar-refractivity contribution in [3.63, 3.8) is 0 Å². The highest BCUT2D eigenvalue weighted by Crippen LogP contribution is 2.19. The van der Waals surface area contributed by atoms with Crippen LogP contribution in [0.3, 0.4) is 0 Å². The number of nitrogens with one attached hydrogen (secondary N) is 1. The summed E-state index contributed by atoms with van der Waals surface area (Å²) >= 11 is 8.83. The quantitative estimate of drug-likeness (QED) is 0.901. The molecule has 2 rings (SSSR count). The Morgan fingerprint density at radius 1 is 1.22 bits per heavy atom. The van der Waals surface area contributed by atoms with Gasteiger partial charge in [-0.3, -0.25) is 0 Å². The number of hydrogen-bond donors (Lipinski definition) is 1. The highest BCUT2D eigenvalue weighted by Gasteiger charge is 2.07. The fourth-order valence-electron chi connectivity index (χ4n) is 1.40. The third-order valence-corrected chi connectivity index (χ3v) is 2.96. The van der Waals surface area contributed by atoms with E-state index in [0.29, 0.717) is 5.56 Å². The maximum atomic E-state index is 13.4. The maximum absolute atomic E-state index is 13.4. The molecule has 0 amide bonds. The first kappa shape index (κ1) is 13.2. The Kier molecular flexibility index (Phi) is 4.14. The summed E-state index contributed by atoms with van der Waals surface area (Å²) in [5.74, 6) is -0.892. The summed E-state index contributed by atoms with van der Waals surface area (Å²) in [6.07, 6.45) is 1.32. The van der Waals surface area contributed by atoms with Gasteiger partial charge in [0, 0.05) is 22.8 Å². The molecule has 0 bridgehead atoms. The molecule has 0 aliphatic carbocycles. The van der Waals surface area contributed by atoms with E-state index < -0.39 is 5.82 Å². The number of halogens is 4. The highest BCUT2D eigenvalue weighted by molar-refractivity contribution is 9.10. The maximum Gasteiger partial charge on any atom is 0.166 e. The fraction of sp³-hybridized carbons (Fsp3) is 0.0833. The van der Waals surface area contributed by atoms with Crippen LogP contribution >= 0.6 is 27.5 Å². The van der Waals surface area contributed by atoms with E-state index in [9.17, 15) is 8.78 Å². The normalized spacial score (nSPS) is 10.4. The van der Waals surface area contributed by atoms with Gasteiger partial charge in [0.15, 0.2) is 11.6 Å². The number of nitrogens with zero attached hydrogens (tertiary/aromatic N) is 1. The van der Waals surface area contributed by atoms with Gasteiger partial charge in [-0.15, -0.1) is 0 Å². The van der Waals surface area contributed by atoms with Gasteiger partial charge in [0.1, 0.15) is 5.82 Å². The van der Waals surface area contributed by atoms with Crippen LogP contribution in [0.4, 0.5) is 14.6 Å². The first-order chi connectivity index (χ1) is 8.56. The second-order valence-corrected chi connectivity index (χ2v) is 4.93. The van der Waals surface area contributed by atoms with Crippen LogP contribution in [-0.2, 0) is 6.54 Å². The van der Waals surface area contributed by atoms with Crippen LogP contribution in [0.1, 0.15) is 5.56 Å². The molecular formula is C12H8BrClF2N2. The number of benzene rings is 1. The van der Waals surface area contributed by atoms with Crippen molar-refractivity contribution in [2.24, 2.45) is 0 Å². The molecule has 94 valence electrons. The molecule has 0 aliphatic rings. The average molecular weight is 334 g/mol. The number of anilines is 1. The van der Waals surface area contributed by atoms with E-state index in [0.717, 1.165) is 10.5 Å². The molecule has 2 aromatic rings. The summed E-state index contributed by atoms with van der Waals surface area (Å²) in [6, 6.07) is 5.71. The Labute approximate surface area is 116 Å². The molecule has 0 fully saturated rings. The molecule has 0 radical (unpaired) electrons. The van der Waals surface area contributed by atoms with Crippen molar-refractivity contribution >= 4 is 33.3 Å². The van der Waals surface area contributed by atoms with Gasteiger partial charge in [0.25, 0.3) is 0 Å². The third kappa shape index (κ3) is 3.17. The molecule has 1 aromatic carbocycles. The van der Waals surface area contributed by atoms with E-state index in [4.69, 9.17) is 11.6 Å². The van der Waals surface area contributed by atoms with Crippen molar-refractivity contribution in [2.75, 3.05) is 5.32 Å². The molecule has 2 nitrogen and oxygen atoms in total. The van der Waals surface area contributed by atoms with Gasteiger partial charge in [-0.05, 0) is 24.3 Å². The molecule has 0 saturated carbocycles. The van der Waals surface area contributed by atoms with Gasteiger partial charge >= 0.3 is 0 Å². The van der Waals surface area contributed by atoms with Gasteiger partial charge < -0.3 is 5.32 Å². The van der Waals surface area contributed by atoms with Crippen LogP contribution in [-0.4, -0.2) is 4.98 Å². The van der Waals surface area contributed by atoms with Crippen molar-refractivity contribution in [3.8, 4) is 0 Å². The molecule has 0 spiro atoms. The predicted molar refractivity (Wildman–Crippen MR) is 70.6 cm³/mol. The summed E-state index contributed by atoms with van der Waals surface area (Å²) in [7, 11) is 0. The minimum atomic E-state index is -0.571. The average Bonchev–Trinajstić information content (AvgIpc) is 2.32. The van der Waals surface area contributed by atoms with E-state index in [-0.39, 0.29) is 23.2 Å². The Balaban J connectivity index is 2.13. The predicted octanol–water partition coefficient (Wildman–Crippen LogP) is 4.39. The van der Waals surface area contributed by atoms with Crippen LogP contribution in [0.2, 0.25) is 5.02 Å². The van der Waals surface area contributed by atoms with Gasteiger partial charge in [0.2, 0.25) is 0 Å². The zero-order valence-electron chi connectivity index (χ0n) is 9.05. The summed E-state index contributed by atoms with van der Waals surface area (Å²) in [6.45, 7) is 0.136. The van der Waals surface area contributed by atoms with Gasteiger partial charge in [0.05, 0.1) is 5.02 Å². The molecular weight excluding hydrogens is 325 g/mol. The summed E-state index contributed by atoms with van der Waals surface area (Å²) in [4.78, 5) is 3.79. The lowest BCUT2D eigenvalue weighted by atomic mass is 10.2. The standard InChI is InChI=1S/C12H8BrClF2N2/c13-8-1-2-10(15)7(3-8)5-17-12-11(16)4-9(14)6-18-12/h1-4,6H,5H2,(H,17,18). The second kappa shape index (κ2) is 5.63. The van der Waals surface area contributed by atoms with Crippen molar-refractivity contribution in [3.05, 3.63) is 57.2 Å². The Bertz CT molecular complexity index is 578. The van der Waals surface area contributed by atoms with Crippen LogP contribution < -0.4 is 5.32 Å². The summed E-state index contributed by atoms with van der Waals surface area (Å²) in [5, 5.41) is 2.93. The lowest BCUT2D eigenvalue weighted by Gasteiger charge is -2.08. The zero-order chi connectivity index (χ0) is 13.1. The number of hydrogen-bond acceptors (Lipinski definition) is 2. The minimum absolute atomic E-state index is 0.0405. The highest BCUT2D eigenvalue weighted by atomic mass is 79.9. The van der Waals surface area contributed by atoms with Crippen LogP contribution in [0.15, 0.2) is 34.9 Å². The Morgan fingerprint density at radius 2 is 2.00 bits per heavy atom. The molecule has 6 heteroatoms. The van der Waals surface area contributed by atoms with Crippen molar-refractivity contribution in [1.82, 2.24) is 4.98 Å². The van der Waals surface area contributed by atoms with Crippen LogP contribution in [0, 0.1) is 11.6 Å². The minimum Gasteiger partial charge on any atom is -0.363 e. The SMILES string of the molecule is Fc1ccc(Br)cc1CNc1ncc(Cl)cc1F. The van der Waals surface area contributed by atoms with E-state index in [2.05, 4.69) is 26.2 Å². The smallest absolute Gasteiger partial charge is 0.166 e. The molecule has 1 heterocycles. The first-order valence-electron chi connectivity index (χ1n) is 5.05. The van der Waals surface area contributed by atoms with E-state index in [1.807, 2.05) is 0 Å². The van der Waals surface area contributed by atoms with Gasteiger partial charge in [-0.2, -0.15) is 0 Å². The summed E-state index contributed by atoms with van der Waals surface area (Å²) in [5.41, 5.74) is 0.417. The second-order valence-electron chi connectivity index (χ2n) is 3.57. The lowest BCUT2D eigenvalue weighted by molar-refractivity contribution is 0.608. The largest absolute Gasteiger partial charge is 0.363 e. The molecule has 1 aromatic heterocycles. The summed E-state index contributed by atoms with van der Waals surface area (Å²) < 4.78 is 27.6. The van der Waals surface area contributed by atoms with Crippen molar-refractivity contribution in [2.45, 2.75) is 6.54 Å². The molecule has 0 atom stereocenters. The fourth-order valence-corrected chi connectivity index (χ4v) is 1.96. The molecule has 1 N–H and O–H groups in total. The van der Waals surface area contributed by atoms with E-state index >= 15 is 0 Å². The molecule has 0 unspecified atom stereocenters. The van der Waals surface area contributed by atoms with Gasteiger partial charge in [-0.1, -0.05) is 27.5 Å². The lowest BCUT2D eigenvalue weighted by Crippen LogP contribution is -2.05. The van der Waals surface area contributed by atoms with Crippen LogP contribution in [0.5, 0.6) is 0 Å². The molecule has 0 saturated heterocycles. The van der Waals surface area contributed by atoms with Crippen LogP contribution in [0.25, 0.3) is 0 Å². The topological polar surface area (TPSA) is 24.9 Å². The number of rotatable bonds is 3.